The molecule has 1 heterocycles. The van der Waals surface area contributed by atoms with Crippen molar-refractivity contribution in [1.29, 1.82) is 0 Å². The van der Waals surface area contributed by atoms with E-state index in [0.717, 1.165) is 0 Å². The van der Waals surface area contributed by atoms with Crippen LogP contribution in [-0.4, -0.2) is 22.6 Å². The van der Waals surface area contributed by atoms with E-state index in [4.69, 9.17) is 16.7 Å². The molecule has 2 N–H and O–H groups in total. The fraction of sp³-hybridized carbons (Fsp3) is 0.250. The van der Waals surface area contributed by atoms with Crippen molar-refractivity contribution in [3.8, 4) is 0 Å². The highest BCUT2D eigenvalue weighted by atomic mass is 35.5. The summed E-state index contributed by atoms with van der Waals surface area (Å²) in [5.74, 6) is -0.247. The maximum atomic E-state index is 10.2. The maximum Gasteiger partial charge on any atom is 0.305 e. The summed E-state index contributed by atoms with van der Waals surface area (Å²) < 4.78 is 0. The van der Waals surface area contributed by atoms with E-state index in [1.54, 1.807) is 18.3 Å². The van der Waals surface area contributed by atoms with Gasteiger partial charge < -0.3 is 10.4 Å². The van der Waals surface area contributed by atoms with Crippen LogP contribution in [0, 0.1) is 0 Å². The Balaban J connectivity index is 2.41. The minimum absolute atomic E-state index is 0.0637. The van der Waals surface area contributed by atoms with Crippen LogP contribution >= 0.6 is 11.6 Å². The van der Waals surface area contributed by atoms with Crippen molar-refractivity contribution >= 4 is 23.4 Å². The van der Waals surface area contributed by atoms with E-state index in [9.17, 15) is 4.79 Å². The molecule has 0 saturated carbocycles. The molecule has 0 bridgehead atoms. The number of hydrogen-bond donors (Lipinski definition) is 2. The van der Waals surface area contributed by atoms with Gasteiger partial charge in [-0.25, -0.2) is 4.98 Å². The van der Waals surface area contributed by atoms with Crippen molar-refractivity contribution in [2.75, 3.05) is 11.9 Å². The van der Waals surface area contributed by atoms with Crippen LogP contribution in [-0.2, 0) is 4.79 Å². The largest absolute Gasteiger partial charge is 0.481 e. The van der Waals surface area contributed by atoms with Crippen LogP contribution in [0.15, 0.2) is 18.3 Å². The Bertz CT molecular complexity index is 304. The van der Waals surface area contributed by atoms with Crippen molar-refractivity contribution in [2.45, 2.75) is 6.42 Å². The molecule has 0 aliphatic heterocycles. The Labute approximate surface area is 80.6 Å². The van der Waals surface area contributed by atoms with Gasteiger partial charge in [0.25, 0.3) is 0 Å². The summed E-state index contributed by atoms with van der Waals surface area (Å²) in [4.78, 5) is 14.1. The van der Waals surface area contributed by atoms with Gasteiger partial charge in [0, 0.05) is 17.8 Å². The van der Waals surface area contributed by atoms with Gasteiger partial charge in [0.15, 0.2) is 0 Å². The molecular formula is C8H9ClN2O2. The first kappa shape index (κ1) is 9.80. The molecule has 0 unspecified atom stereocenters. The third-order valence-electron chi connectivity index (χ3n) is 1.37. The monoisotopic (exact) mass is 200 g/mol. The van der Waals surface area contributed by atoms with E-state index >= 15 is 0 Å². The molecule has 1 aromatic heterocycles. The van der Waals surface area contributed by atoms with Gasteiger partial charge in [-0.3, -0.25) is 4.79 Å². The zero-order valence-corrected chi connectivity index (χ0v) is 7.58. The lowest BCUT2D eigenvalue weighted by Crippen LogP contribution is -2.08. The summed E-state index contributed by atoms with van der Waals surface area (Å²) in [5, 5.41) is 11.8. The minimum atomic E-state index is -0.838. The Morgan fingerprint density at radius 3 is 3.08 bits per heavy atom. The van der Waals surface area contributed by atoms with Gasteiger partial charge in [0.05, 0.1) is 6.42 Å². The maximum absolute atomic E-state index is 10.2. The second-order valence-corrected chi connectivity index (χ2v) is 2.87. The van der Waals surface area contributed by atoms with Crippen LogP contribution in [0.25, 0.3) is 0 Å². The number of nitrogens with one attached hydrogen (secondary N) is 1. The molecule has 5 heteroatoms. The molecule has 0 aliphatic rings. The van der Waals surface area contributed by atoms with Gasteiger partial charge in [-0.1, -0.05) is 11.6 Å². The third kappa shape index (κ3) is 3.75. The van der Waals surface area contributed by atoms with Gasteiger partial charge in [0.2, 0.25) is 0 Å². The number of rotatable bonds is 4. The predicted molar refractivity (Wildman–Crippen MR) is 50.0 cm³/mol. The topological polar surface area (TPSA) is 62.2 Å². The molecule has 4 nitrogen and oxygen atoms in total. The number of hydrogen-bond acceptors (Lipinski definition) is 3. The number of nitrogens with zero attached hydrogens (tertiary/aromatic N) is 1. The lowest BCUT2D eigenvalue weighted by atomic mass is 10.4. The average Bonchev–Trinajstić information content (AvgIpc) is 2.03. The lowest BCUT2D eigenvalue weighted by Gasteiger charge is -2.02. The minimum Gasteiger partial charge on any atom is -0.481 e. The van der Waals surface area contributed by atoms with Crippen LogP contribution < -0.4 is 5.32 Å². The van der Waals surface area contributed by atoms with Gasteiger partial charge in [-0.05, 0) is 12.1 Å². The highest BCUT2D eigenvalue weighted by Gasteiger charge is 1.97. The Kier molecular flexibility index (Phi) is 3.52. The number of aliphatic carboxylic acids is 1. The molecule has 0 aromatic carbocycles. The van der Waals surface area contributed by atoms with Crippen molar-refractivity contribution < 1.29 is 9.90 Å². The van der Waals surface area contributed by atoms with E-state index in [-0.39, 0.29) is 6.42 Å². The molecule has 0 radical (unpaired) electrons. The summed E-state index contributed by atoms with van der Waals surface area (Å²) in [7, 11) is 0. The Morgan fingerprint density at radius 1 is 1.69 bits per heavy atom. The summed E-state index contributed by atoms with van der Waals surface area (Å²) in [5.41, 5.74) is 0. The molecule has 0 saturated heterocycles. The number of aromatic nitrogens is 1. The molecule has 0 spiro atoms. The van der Waals surface area contributed by atoms with Gasteiger partial charge in [-0.2, -0.15) is 0 Å². The smallest absolute Gasteiger partial charge is 0.305 e. The summed E-state index contributed by atoms with van der Waals surface area (Å²) >= 11 is 5.69. The van der Waals surface area contributed by atoms with Gasteiger partial charge in [0.1, 0.15) is 5.82 Å². The van der Waals surface area contributed by atoms with E-state index in [0.29, 0.717) is 17.4 Å². The first-order chi connectivity index (χ1) is 6.18. The number of carboxylic acid groups (broad SMARTS) is 1. The molecule has 1 rings (SSSR count). The van der Waals surface area contributed by atoms with E-state index in [1.165, 1.54) is 0 Å². The summed E-state index contributed by atoms with van der Waals surface area (Å²) in [6, 6.07) is 3.30. The van der Waals surface area contributed by atoms with Crippen molar-refractivity contribution in [3.05, 3.63) is 23.4 Å². The fourth-order valence-electron chi connectivity index (χ4n) is 0.799. The Morgan fingerprint density at radius 2 is 2.46 bits per heavy atom. The third-order valence-corrected chi connectivity index (χ3v) is 1.60. The molecule has 0 fully saturated rings. The summed E-state index contributed by atoms with van der Waals surface area (Å²) in [6.07, 6.45) is 1.62. The average molecular weight is 201 g/mol. The van der Waals surface area contributed by atoms with Gasteiger partial charge in [-0.15, -0.1) is 0 Å². The molecule has 0 atom stereocenters. The molecule has 1 aromatic rings. The van der Waals surface area contributed by atoms with E-state index in [2.05, 4.69) is 10.3 Å². The normalized spacial score (nSPS) is 9.62. The summed E-state index contributed by atoms with van der Waals surface area (Å²) in [6.45, 7) is 0.350. The standard InChI is InChI=1S/C8H9ClN2O2/c9-6-1-3-10-7(5-6)11-4-2-8(12)13/h1,3,5H,2,4H2,(H,10,11)(H,12,13). The van der Waals surface area contributed by atoms with Crippen LogP contribution in [0.3, 0.4) is 0 Å². The van der Waals surface area contributed by atoms with Crippen LogP contribution in [0.5, 0.6) is 0 Å². The molecule has 0 aliphatic carbocycles. The number of pyridine rings is 1. The molecule has 70 valence electrons. The quantitative estimate of drug-likeness (QED) is 0.776. The second kappa shape index (κ2) is 4.67. The first-order valence-corrected chi connectivity index (χ1v) is 4.13. The number of carboxylic acids is 1. The number of carbonyl (C=O) groups is 1. The zero-order chi connectivity index (χ0) is 9.68. The zero-order valence-electron chi connectivity index (χ0n) is 6.83. The predicted octanol–water partition coefficient (Wildman–Crippen LogP) is 1.62. The Hall–Kier alpha value is -1.29. The van der Waals surface area contributed by atoms with Gasteiger partial charge >= 0.3 is 5.97 Å². The van der Waals surface area contributed by atoms with E-state index in [1.807, 2.05) is 0 Å². The highest BCUT2D eigenvalue weighted by Crippen LogP contribution is 2.11. The van der Waals surface area contributed by atoms with Crippen molar-refractivity contribution in [1.82, 2.24) is 4.98 Å². The highest BCUT2D eigenvalue weighted by molar-refractivity contribution is 6.30. The van der Waals surface area contributed by atoms with E-state index < -0.39 is 5.97 Å². The molecule has 13 heavy (non-hydrogen) atoms. The van der Waals surface area contributed by atoms with Crippen molar-refractivity contribution in [3.63, 3.8) is 0 Å². The van der Waals surface area contributed by atoms with Crippen LogP contribution in [0.1, 0.15) is 6.42 Å². The van der Waals surface area contributed by atoms with Crippen LogP contribution in [0.4, 0.5) is 5.82 Å². The fourth-order valence-corrected chi connectivity index (χ4v) is 0.959. The van der Waals surface area contributed by atoms with Crippen molar-refractivity contribution in [2.24, 2.45) is 0 Å². The SMILES string of the molecule is O=C(O)CCNc1cc(Cl)ccn1. The lowest BCUT2D eigenvalue weighted by molar-refractivity contribution is -0.136. The van der Waals surface area contributed by atoms with Crippen LogP contribution in [0.2, 0.25) is 5.02 Å². The molecule has 0 amide bonds. The number of anilines is 1. The molecular weight excluding hydrogens is 192 g/mol. The first-order valence-electron chi connectivity index (χ1n) is 3.75. The second-order valence-electron chi connectivity index (χ2n) is 2.43. The number of halogens is 1.